The van der Waals surface area contributed by atoms with Crippen LogP contribution in [-0.4, -0.2) is 46.3 Å². The van der Waals surface area contributed by atoms with Crippen molar-refractivity contribution in [2.24, 2.45) is 0 Å². The minimum atomic E-state index is -3.22. The van der Waals surface area contributed by atoms with Crippen LogP contribution in [0.3, 0.4) is 0 Å². The number of carbonyl (C=O) groups excluding carboxylic acids is 1. The standard InChI is InChI=1S/C14H21N3O3S.ClH/c1-2-15-7-8-16-14(18)12-5-3-6-13(11-12)17-9-4-10-21(17,19)20;/h3,5-6,11,15H,2,4,7-10H2,1H3,(H,16,18);1H. The number of nitrogens with zero attached hydrogens (tertiary/aromatic N) is 1. The third-order valence-corrected chi connectivity index (χ3v) is 5.20. The molecule has 1 fully saturated rings. The van der Waals surface area contributed by atoms with E-state index in [4.69, 9.17) is 0 Å². The van der Waals surface area contributed by atoms with Gasteiger partial charge in [0.25, 0.3) is 5.91 Å². The van der Waals surface area contributed by atoms with E-state index in [1.165, 1.54) is 4.31 Å². The van der Waals surface area contributed by atoms with Crippen LogP contribution in [-0.2, 0) is 10.0 Å². The van der Waals surface area contributed by atoms with Crippen LogP contribution >= 0.6 is 12.4 Å². The Morgan fingerprint density at radius 2 is 2.09 bits per heavy atom. The molecule has 1 heterocycles. The fourth-order valence-corrected chi connectivity index (χ4v) is 3.83. The van der Waals surface area contributed by atoms with E-state index < -0.39 is 10.0 Å². The lowest BCUT2D eigenvalue weighted by atomic mass is 10.2. The van der Waals surface area contributed by atoms with Gasteiger partial charge in [-0.15, -0.1) is 12.4 Å². The Balaban J connectivity index is 0.00000242. The normalized spacial score (nSPS) is 16.1. The zero-order valence-corrected chi connectivity index (χ0v) is 14.2. The Bertz CT molecular complexity index is 607. The molecule has 6 nitrogen and oxygen atoms in total. The Hall–Kier alpha value is -1.31. The molecule has 0 unspecified atom stereocenters. The zero-order chi connectivity index (χ0) is 15.3. The number of nitrogens with one attached hydrogen (secondary N) is 2. The average molecular weight is 348 g/mol. The number of benzene rings is 1. The SMILES string of the molecule is CCNCCNC(=O)c1cccc(N2CCCS2(=O)=O)c1.Cl. The minimum Gasteiger partial charge on any atom is -0.351 e. The number of amides is 1. The summed E-state index contributed by atoms with van der Waals surface area (Å²) in [4.78, 5) is 12.0. The molecular formula is C14H22ClN3O3S. The number of hydrogen-bond acceptors (Lipinski definition) is 4. The van der Waals surface area contributed by atoms with Gasteiger partial charge in [0.2, 0.25) is 10.0 Å². The van der Waals surface area contributed by atoms with Crippen molar-refractivity contribution in [2.75, 3.05) is 36.2 Å². The Kier molecular flexibility index (Phi) is 7.12. The Morgan fingerprint density at radius 1 is 1.32 bits per heavy atom. The zero-order valence-electron chi connectivity index (χ0n) is 12.5. The van der Waals surface area contributed by atoms with Gasteiger partial charge in [-0.3, -0.25) is 9.10 Å². The van der Waals surface area contributed by atoms with Crippen LogP contribution in [0.5, 0.6) is 0 Å². The molecule has 1 aliphatic heterocycles. The first-order valence-electron chi connectivity index (χ1n) is 7.14. The summed E-state index contributed by atoms with van der Waals surface area (Å²) in [5.41, 5.74) is 1.04. The fraction of sp³-hybridized carbons (Fsp3) is 0.500. The van der Waals surface area contributed by atoms with E-state index in [1.54, 1.807) is 24.3 Å². The average Bonchev–Trinajstić information content (AvgIpc) is 2.83. The van der Waals surface area contributed by atoms with Crippen molar-refractivity contribution in [3.8, 4) is 0 Å². The second-order valence-corrected chi connectivity index (χ2v) is 6.91. The lowest BCUT2D eigenvalue weighted by Gasteiger charge is -2.17. The van der Waals surface area contributed by atoms with Gasteiger partial charge < -0.3 is 10.6 Å². The van der Waals surface area contributed by atoms with Crippen molar-refractivity contribution in [1.29, 1.82) is 0 Å². The van der Waals surface area contributed by atoms with E-state index >= 15 is 0 Å². The first-order valence-corrected chi connectivity index (χ1v) is 8.75. The molecule has 124 valence electrons. The molecule has 0 spiro atoms. The predicted octanol–water partition coefficient (Wildman–Crippen LogP) is 0.988. The highest BCUT2D eigenvalue weighted by Crippen LogP contribution is 2.24. The molecule has 1 saturated heterocycles. The van der Waals surface area contributed by atoms with Crippen LogP contribution in [0.4, 0.5) is 5.69 Å². The largest absolute Gasteiger partial charge is 0.351 e. The maximum atomic E-state index is 12.0. The number of carbonyl (C=O) groups is 1. The molecule has 1 aromatic carbocycles. The van der Waals surface area contributed by atoms with Gasteiger partial charge in [-0.2, -0.15) is 0 Å². The monoisotopic (exact) mass is 347 g/mol. The quantitative estimate of drug-likeness (QED) is 0.752. The molecule has 2 N–H and O–H groups in total. The van der Waals surface area contributed by atoms with Crippen LogP contribution < -0.4 is 14.9 Å². The molecule has 1 amide bonds. The Labute approximate surface area is 137 Å². The van der Waals surface area contributed by atoms with Gasteiger partial charge in [0.05, 0.1) is 11.4 Å². The van der Waals surface area contributed by atoms with Crippen LogP contribution in [0.1, 0.15) is 23.7 Å². The van der Waals surface area contributed by atoms with E-state index in [2.05, 4.69) is 10.6 Å². The smallest absolute Gasteiger partial charge is 0.251 e. The van der Waals surface area contributed by atoms with Crippen LogP contribution in [0.2, 0.25) is 0 Å². The second-order valence-electron chi connectivity index (χ2n) is 4.90. The Morgan fingerprint density at radius 3 is 2.73 bits per heavy atom. The van der Waals surface area contributed by atoms with Crippen molar-refractivity contribution in [2.45, 2.75) is 13.3 Å². The highest BCUT2D eigenvalue weighted by atomic mass is 35.5. The maximum absolute atomic E-state index is 12.0. The number of hydrogen-bond donors (Lipinski definition) is 2. The third-order valence-electron chi connectivity index (χ3n) is 3.33. The highest BCUT2D eigenvalue weighted by Gasteiger charge is 2.28. The lowest BCUT2D eigenvalue weighted by molar-refractivity contribution is 0.0954. The van der Waals surface area contributed by atoms with Crippen molar-refractivity contribution in [3.63, 3.8) is 0 Å². The molecule has 22 heavy (non-hydrogen) atoms. The molecule has 0 saturated carbocycles. The second kappa shape index (κ2) is 8.36. The summed E-state index contributed by atoms with van der Waals surface area (Å²) in [5, 5.41) is 5.92. The van der Waals surface area contributed by atoms with Crippen molar-refractivity contribution < 1.29 is 13.2 Å². The van der Waals surface area contributed by atoms with Gasteiger partial charge in [-0.1, -0.05) is 13.0 Å². The number of sulfonamides is 1. The van der Waals surface area contributed by atoms with Gasteiger partial charge in [-0.25, -0.2) is 8.42 Å². The van der Waals surface area contributed by atoms with Gasteiger partial charge >= 0.3 is 0 Å². The van der Waals surface area contributed by atoms with Crippen molar-refractivity contribution in [3.05, 3.63) is 29.8 Å². The maximum Gasteiger partial charge on any atom is 0.251 e. The number of likely N-dealkylation sites (N-methyl/N-ethyl adjacent to an activating group) is 1. The lowest BCUT2D eigenvalue weighted by Crippen LogP contribution is -2.32. The molecule has 1 aliphatic rings. The summed E-state index contributed by atoms with van der Waals surface area (Å²) in [6, 6.07) is 6.75. The van der Waals surface area contributed by atoms with E-state index in [1.807, 2.05) is 6.92 Å². The topological polar surface area (TPSA) is 78.5 Å². The number of halogens is 1. The third kappa shape index (κ3) is 4.59. The van der Waals surface area contributed by atoms with Crippen LogP contribution in [0.25, 0.3) is 0 Å². The summed E-state index contributed by atoms with van der Waals surface area (Å²) < 4.78 is 25.2. The fourth-order valence-electron chi connectivity index (χ4n) is 2.28. The molecular weight excluding hydrogens is 326 g/mol. The predicted molar refractivity (Wildman–Crippen MR) is 90.3 cm³/mol. The number of rotatable bonds is 6. The van der Waals surface area contributed by atoms with E-state index in [-0.39, 0.29) is 24.1 Å². The van der Waals surface area contributed by atoms with Crippen molar-refractivity contribution in [1.82, 2.24) is 10.6 Å². The highest BCUT2D eigenvalue weighted by molar-refractivity contribution is 7.93. The van der Waals surface area contributed by atoms with E-state index in [9.17, 15) is 13.2 Å². The van der Waals surface area contributed by atoms with E-state index in [0.29, 0.717) is 37.3 Å². The van der Waals surface area contributed by atoms with Gasteiger partial charge in [0.1, 0.15) is 0 Å². The summed E-state index contributed by atoms with van der Waals surface area (Å²) in [5.74, 6) is -0.0158. The summed E-state index contributed by atoms with van der Waals surface area (Å²) in [7, 11) is -3.22. The van der Waals surface area contributed by atoms with Gasteiger partial charge in [0.15, 0.2) is 0 Å². The summed E-state index contributed by atoms with van der Waals surface area (Å²) in [6.07, 6.45) is 0.626. The molecule has 0 aromatic heterocycles. The summed E-state index contributed by atoms with van der Waals surface area (Å²) in [6.45, 7) is 4.59. The minimum absolute atomic E-state index is 0. The van der Waals surface area contributed by atoms with Gasteiger partial charge in [0, 0.05) is 25.2 Å². The molecule has 1 aromatic rings. The van der Waals surface area contributed by atoms with Crippen LogP contribution in [0, 0.1) is 0 Å². The molecule has 0 aliphatic carbocycles. The molecule has 0 bridgehead atoms. The first kappa shape index (κ1) is 18.7. The van der Waals surface area contributed by atoms with Crippen molar-refractivity contribution >= 4 is 34.0 Å². The van der Waals surface area contributed by atoms with Crippen LogP contribution in [0.15, 0.2) is 24.3 Å². The van der Waals surface area contributed by atoms with Gasteiger partial charge in [-0.05, 0) is 31.2 Å². The molecule has 0 radical (unpaired) electrons. The summed E-state index contributed by atoms with van der Waals surface area (Å²) >= 11 is 0. The molecule has 8 heteroatoms. The first-order chi connectivity index (χ1) is 10.0. The van der Waals surface area contributed by atoms with E-state index in [0.717, 1.165) is 6.54 Å². The number of anilines is 1. The molecule has 0 atom stereocenters. The molecule has 2 rings (SSSR count).